The Balaban J connectivity index is 1.31. The number of hydrogen-bond donors (Lipinski definition) is 3. The summed E-state index contributed by atoms with van der Waals surface area (Å²) >= 11 is 1.57. The number of aliphatic hydroxyl groups excluding tert-OH is 1. The van der Waals surface area contributed by atoms with Gasteiger partial charge in [0, 0.05) is 32.6 Å². The minimum Gasteiger partial charge on any atom is -0.391 e. The van der Waals surface area contributed by atoms with Crippen LogP contribution >= 0.6 is 11.3 Å². The van der Waals surface area contributed by atoms with Crippen molar-refractivity contribution in [3.05, 3.63) is 41.0 Å². The third-order valence-corrected chi connectivity index (χ3v) is 9.75. The maximum absolute atomic E-state index is 13.8. The number of aromatic nitrogens is 1. The van der Waals surface area contributed by atoms with E-state index < -0.39 is 35.4 Å². The molecule has 2 heterocycles. The number of likely N-dealkylation sites (N-methyl/N-ethyl adjacent to an activating group) is 1. The topological polar surface area (TPSA) is 178 Å². The molecule has 1 aromatic heterocycles. The number of likely N-dealkylation sites (tertiary alicyclic amines) is 1. The molecule has 4 amide bonds. The Kier molecular flexibility index (Phi) is 19.5. The maximum atomic E-state index is 13.8. The van der Waals surface area contributed by atoms with Crippen LogP contribution in [0.3, 0.4) is 0 Å². The quantitative estimate of drug-likeness (QED) is 0.133. The molecule has 0 bridgehead atoms. The molecule has 3 rings (SSSR count). The van der Waals surface area contributed by atoms with Gasteiger partial charge in [0.25, 0.3) is 0 Å². The molecule has 3 atom stereocenters. The van der Waals surface area contributed by atoms with Gasteiger partial charge in [-0.25, -0.2) is 4.98 Å². The molecule has 0 saturated carbocycles. The molecule has 1 aromatic carbocycles. The molecule has 15 nitrogen and oxygen atoms in total. The number of aryl methyl sites for hydroxylation is 1. The number of ether oxygens (including phenoxy) is 5. The largest absolute Gasteiger partial charge is 0.391 e. The second kappa shape index (κ2) is 23.4. The fraction of sp³-hybridized carbons (Fsp3) is 0.658. The van der Waals surface area contributed by atoms with Crippen LogP contribution in [0, 0.1) is 12.3 Å². The van der Waals surface area contributed by atoms with Gasteiger partial charge in [-0.2, -0.15) is 0 Å². The summed E-state index contributed by atoms with van der Waals surface area (Å²) in [5.41, 5.74) is 4.03. The molecule has 16 heteroatoms. The van der Waals surface area contributed by atoms with Crippen LogP contribution in [0.1, 0.15) is 52.3 Å². The van der Waals surface area contributed by atoms with E-state index in [4.69, 9.17) is 23.7 Å². The zero-order valence-electron chi connectivity index (χ0n) is 32.6. The molecule has 0 aliphatic carbocycles. The maximum Gasteiger partial charge on any atom is 0.248 e. The highest BCUT2D eigenvalue weighted by Gasteiger charge is 2.44. The van der Waals surface area contributed by atoms with Crippen molar-refractivity contribution >= 4 is 35.0 Å². The first kappa shape index (κ1) is 44.9. The molecule has 1 fully saturated rings. The van der Waals surface area contributed by atoms with Gasteiger partial charge >= 0.3 is 0 Å². The number of thiazole rings is 1. The van der Waals surface area contributed by atoms with Crippen molar-refractivity contribution in [3.8, 4) is 10.4 Å². The lowest BCUT2D eigenvalue weighted by Crippen LogP contribution is -2.58. The number of benzene rings is 1. The van der Waals surface area contributed by atoms with Crippen molar-refractivity contribution in [3.63, 3.8) is 0 Å². The summed E-state index contributed by atoms with van der Waals surface area (Å²) in [4.78, 5) is 60.3. The van der Waals surface area contributed by atoms with E-state index in [0.29, 0.717) is 52.7 Å². The molecule has 3 N–H and O–H groups in total. The number of rotatable bonds is 24. The molecular formula is C38H59N5O10S. The van der Waals surface area contributed by atoms with E-state index in [1.54, 1.807) is 16.2 Å². The van der Waals surface area contributed by atoms with E-state index in [-0.39, 0.29) is 57.8 Å². The van der Waals surface area contributed by atoms with Crippen LogP contribution in [-0.4, -0.2) is 147 Å². The van der Waals surface area contributed by atoms with E-state index in [9.17, 15) is 24.3 Å². The number of amides is 4. The smallest absolute Gasteiger partial charge is 0.248 e. The highest BCUT2D eigenvalue weighted by Crippen LogP contribution is 2.28. The highest BCUT2D eigenvalue weighted by atomic mass is 32.1. The Morgan fingerprint density at radius 3 is 1.98 bits per heavy atom. The van der Waals surface area contributed by atoms with Crippen molar-refractivity contribution in [1.82, 2.24) is 25.4 Å². The predicted octanol–water partition coefficient (Wildman–Crippen LogP) is 2.18. The van der Waals surface area contributed by atoms with E-state index in [0.717, 1.165) is 21.7 Å². The molecule has 54 heavy (non-hydrogen) atoms. The molecule has 0 radical (unpaired) electrons. The predicted molar refractivity (Wildman–Crippen MR) is 204 cm³/mol. The fourth-order valence-electron chi connectivity index (χ4n) is 5.75. The number of nitrogens with one attached hydrogen (secondary N) is 2. The summed E-state index contributed by atoms with van der Waals surface area (Å²) in [5, 5.41) is 16.2. The number of hydrogen-bond acceptors (Lipinski definition) is 12. The van der Waals surface area contributed by atoms with Crippen molar-refractivity contribution in [2.45, 2.75) is 72.7 Å². The van der Waals surface area contributed by atoms with Gasteiger partial charge in [-0.15, -0.1) is 11.3 Å². The molecule has 302 valence electrons. The minimum atomic E-state index is -0.955. The van der Waals surface area contributed by atoms with Crippen LogP contribution in [-0.2, 0) is 49.4 Å². The molecule has 1 aliphatic heterocycles. The second-order valence-corrected chi connectivity index (χ2v) is 14.8. The average molecular weight is 778 g/mol. The molecule has 2 aromatic rings. The number of carbonyl (C=O) groups excluding carboxylic acids is 4. The van der Waals surface area contributed by atoms with Crippen LogP contribution < -0.4 is 10.6 Å². The Morgan fingerprint density at radius 2 is 1.46 bits per heavy atom. The number of nitrogens with zero attached hydrogens (tertiary/aromatic N) is 3. The van der Waals surface area contributed by atoms with Crippen molar-refractivity contribution in [2.75, 3.05) is 85.7 Å². The molecule has 1 saturated heterocycles. The number of aliphatic hydroxyl groups is 1. The summed E-state index contributed by atoms with van der Waals surface area (Å²) < 4.78 is 27.2. The van der Waals surface area contributed by atoms with Gasteiger partial charge in [0.15, 0.2) is 0 Å². The van der Waals surface area contributed by atoms with Crippen LogP contribution in [0.15, 0.2) is 29.8 Å². The Morgan fingerprint density at radius 1 is 0.907 bits per heavy atom. The zero-order valence-corrected chi connectivity index (χ0v) is 33.4. The van der Waals surface area contributed by atoms with Gasteiger partial charge in [0.05, 0.1) is 75.0 Å². The third kappa shape index (κ3) is 15.0. The Hall–Kier alpha value is -3.51. The highest BCUT2D eigenvalue weighted by molar-refractivity contribution is 7.13. The summed E-state index contributed by atoms with van der Waals surface area (Å²) in [7, 11) is 0. The zero-order chi connectivity index (χ0) is 39.5. The van der Waals surface area contributed by atoms with Crippen LogP contribution in [0.2, 0.25) is 0 Å². The Bertz CT molecular complexity index is 1450. The summed E-state index contributed by atoms with van der Waals surface area (Å²) in [6.07, 6.45) is -0.762. The Labute approximate surface area is 323 Å². The average Bonchev–Trinajstić information content (AvgIpc) is 3.76. The van der Waals surface area contributed by atoms with E-state index in [1.165, 1.54) is 4.90 Å². The fourth-order valence-corrected chi connectivity index (χ4v) is 6.56. The van der Waals surface area contributed by atoms with Crippen molar-refractivity contribution in [1.29, 1.82) is 0 Å². The first-order valence-electron chi connectivity index (χ1n) is 18.6. The normalized spacial score (nSPS) is 16.3. The summed E-state index contributed by atoms with van der Waals surface area (Å²) in [5.74, 6) is -1.33. The van der Waals surface area contributed by atoms with Crippen molar-refractivity contribution < 1.29 is 48.0 Å². The number of carbonyl (C=O) groups is 4. The van der Waals surface area contributed by atoms with Gasteiger partial charge in [0.1, 0.15) is 25.3 Å². The van der Waals surface area contributed by atoms with Gasteiger partial charge in [0.2, 0.25) is 23.6 Å². The second-order valence-electron chi connectivity index (χ2n) is 14.0. The third-order valence-electron chi connectivity index (χ3n) is 8.77. The van der Waals surface area contributed by atoms with Gasteiger partial charge in [-0.05, 0) is 37.3 Å². The number of β-amino-alcohol motifs (C(OH)–C–C–N with tert-alkyl or cyclic N) is 1. The lowest BCUT2D eigenvalue weighted by Gasteiger charge is -2.35. The SMILES string of the molecule is CCN(CC)C(=O)COCCOCCOCCOCCOCC(=O)N[C@H](C(=O)N1C[C@H](O)C[C@H]1C(=O)NCc1ccc(-c2scnc2C)cc1)C(C)(C)C. The lowest BCUT2D eigenvalue weighted by molar-refractivity contribution is -0.144. The molecular weight excluding hydrogens is 719 g/mol. The monoisotopic (exact) mass is 777 g/mol. The van der Waals surface area contributed by atoms with Crippen LogP contribution in [0.5, 0.6) is 0 Å². The van der Waals surface area contributed by atoms with Crippen LogP contribution in [0.4, 0.5) is 0 Å². The van der Waals surface area contributed by atoms with Crippen molar-refractivity contribution in [2.24, 2.45) is 5.41 Å². The summed E-state index contributed by atoms with van der Waals surface area (Å²) in [6, 6.07) is 6.02. The van der Waals surface area contributed by atoms with E-state index >= 15 is 0 Å². The van der Waals surface area contributed by atoms with Gasteiger partial charge in [-0.3, -0.25) is 19.2 Å². The van der Waals surface area contributed by atoms with Gasteiger partial charge < -0.3 is 49.2 Å². The lowest BCUT2D eigenvalue weighted by atomic mass is 9.85. The molecule has 0 spiro atoms. The molecule has 0 unspecified atom stereocenters. The standard InChI is InChI=1S/C38H59N5O10S/c1-7-42(8-2)33(46)25-53-20-18-51-16-14-49-13-15-50-17-19-52-24-32(45)41-35(38(4,5)6)37(48)43-23-30(44)21-31(43)36(47)39-22-28-9-11-29(12-10-28)34-27(3)40-26-54-34/h9-12,26,30-31,35,44H,7-8,13-25H2,1-6H3,(H,39,47)(H,41,45)/t30-,31+,35-/m1/s1. The first-order valence-corrected chi connectivity index (χ1v) is 19.4. The molecule has 1 aliphatic rings. The first-order chi connectivity index (χ1) is 25.8. The van der Waals surface area contributed by atoms with E-state index in [1.807, 2.05) is 71.3 Å². The van der Waals surface area contributed by atoms with E-state index in [2.05, 4.69) is 15.6 Å². The van der Waals surface area contributed by atoms with Gasteiger partial charge in [-0.1, -0.05) is 45.0 Å². The van der Waals surface area contributed by atoms with Crippen LogP contribution in [0.25, 0.3) is 10.4 Å². The summed E-state index contributed by atoms with van der Waals surface area (Å²) in [6.45, 7) is 15.2. The minimum absolute atomic E-state index is 0.0115.